The Balaban J connectivity index is 1.41. The predicted molar refractivity (Wildman–Crippen MR) is 91.8 cm³/mol. The van der Waals surface area contributed by atoms with Crippen LogP contribution in [0.4, 0.5) is 0 Å². The largest absolute Gasteiger partial charge is 0.342 e. The van der Waals surface area contributed by atoms with E-state index in [0.29, 0.717) is 11.8 Å². The summed E-state index contributed by atoms with van der Waals surface area (Å²) in [6.07, 6.45) is 7.85. The molecule has 0 aromatic carbocycles. The number of hydrogen-bond donors (Lipinski definition) is 0. The molecule has 6 heteroatoms. The summed E-state index contributed by atoms with van der Waals surface area (Å²) in [5.41, 5.74) is 2.12. The zero-order chi connectivity index (χ0) is 16.5. The van der Waals surface area contributed by atoms with E-state index in [1.54, 1.807) is 6.20 Å². The molecule has 0 bridgehead atoms. The number of amides is 1. The molecule has 24 heavy (non-hydrogen) atoms. The van der Waals surface area contributed by atoms with Gasteiger partial charge in [0.15, 0.2) is 5.65 Å². The number of rotatable bonds is 2. The van der Waals surface area contributed by atoms with Crippen LogP contribution in [0.1, 0.15) is 37.3 Å². The third-order valence-corrected chi connectivity index (χ3v) is 5.52. The number of carbonyl (C=O) groups is 1. The van der Waals surface area contributed by atoms with E-state index in [2.05, 4.69) is 33.0 Å². The highest BCUT2D eigenvalue weighted by Gasteiger charge is 2.31. The maximum absolute atomic E-state index is 12.8. The highest BCUT2D eigenvalue weighted by atomic mass is 16.2. The van der Waals surface area contributed by atoms with Gasteiger partial charge in [0.1, 0.15) is 0 Å². The SMILES string of the molecule is CN1CCCC(C(=O)N2CCC(c3ccnc4ccnn34)CC2)C1. The standard InChI is InChI=1S/C18H25N5O/c1-21-10-2-3-15(13-21)18(24)22-11-6-14(7-12-22)16-4-8-19-17-5-9-20-23(16)17/h4-5,8-9,14-15H,2-3,6-7,10-13H2,1H3. The average molecular weight is 327 g/mol. The van der Waals surface area contributed by atoms with E-state index in [0.717, 1.165) is 57.5 Å². The molecule has 0 N–H and O–H groups in total. The first kappa shape index (κ1) is 15.6. The summed E-state index contributed by atoms with van der Waals surface area (Å²) in [5, 5.41) is 4.40. The molecule has 0 spiro atoms. The Bertz CT molecular complexity index is 719. The number of carbonyl (C=O) groups excluding carboxylic acids is 1. The molecule has 2 saturated heterocycles. The first-order valence-corrected chi connectivity index (χ1v) is 8.98. The molecule has 4 heterocycles. The topological polar surface area (TPSA) is 53.7 Å². The Hall–Kier alpha value is -1.95. The molecule has 1 unspecified atom stereocenters. The number of piperidine rings is 2. The summed E-state index contributed by atoms with van der Waals surface area (Å²) in [5.74, 6) is 1.01. The maximum atomic E-state index is 12.8. The van der Waals surface area contributed by atoms with E-state index < -0.39 is 0 Å². The Kier molecular flexibility index (Phi) is 4.22. The van der Waals surface area contributed by atoms with Crippen LogP contribution in [0.3, 0.4) is 0 Å². The van der Waals surface area contributed by atoms with Gasteiger partial charge >= 0.3 is 0 Å². The number of hydrogen-bond acceptors (Lipinski definition) is 4. The first-order chi connectivity index (χ1) is 11.7. The van der Waals surface area contributed by atoms with Crippen molar-refractivity contribution < 1.29 is 4.79 Å². The number of aromatic nitrogens is 3. The summed E-state index contributed by atoms with van der Waals surface area (Å²) < 4.78 is 1.94. The van der Waals surface area contributed by atoms with Crippen molar-refractivity contribution in [3.8, 4) is 0 Å². The highest BCUT2D eigenvalue weighted by molar-refractivity contribution is 5.79. The predicted octanol–water partition coefficient (Wildman–Crippen LogP) is 1.78. The minimum Gasteiger partial charge on any atom is -0.342 e. The zero-order valence-corrected chi connectivity index (χ0v) is 14.3. The van der Waals surface area contributed by atoms with Crippen LogP contribution in [-0.4, -0.2) is 63.5 Å². The van der Waals surface area contributed by atoms with E-state index in [9.17, 15) is 4.79 Å². The summed E-state index contributed by atoms with van der Waals surface area (Å²) in [7, 11) is 2.12. The van der Waals surface area contributed by atoms with Crippen LogP contribution < -0.4 is 0 Å². The Morgan fingerprint density at radius 2 is 1.96 bits per heavy atom. The van der Waals surface area contributed by atoms with Gasteiger partial charge < -0.3 is 9.80 Å². The van der Waals surface area contributed by atoms with Gasteiger partial charge in [-0.2, -0.15) is 5.10 Å². The number of nitrogens with zero attached hydrogens (tertiary/aromatic N) is 5. The van der Waals surface area contributed by atoms with E-state index in [4.69, 9.17) is 0 Å². The Labute approximate surface area is 142 Å². The van der Waals surface area contributed by atoms with Crippen molar-refractivity contribution in [2.24, 2.45) is 5.92 Å². The second-order valence-electron chi connectivity index (χ2n) is 7.17. The third-order valence-electron chi connectivity index (χ3n) is 5.52. The Morgan fingerprint density at radius 3 is 2.75 bits per heavy atom. The molecule has 6 nitrogen and oxygen atoms in total. The lowest BCUT2D eigenvalue weighted by Gasteiger charge is -2.37. The average Bonchev–Trinajstić information content (AvgIpc) is 3.10. The fraction of sp³-hybridized carbons (Fsp3) is 0.611. The smallest absolute Gasteiger partial charge is 0.226 e. The van der Waals surface area contributed by atoms with Gasteiger partial charge in [0.2, 0.25) is 5.91 Å². The zero-order valence-electron chi connectivity index (χ0n) is 14.3. The highest BCUT2D eigenvalue weighted by Crippen LogP contribution is 2.29. The van der Waals surface area contributed by atoms with Crippen LogP contribution in [0.5, 0.6) is 0 Å². The van der Waals surface area contributed by atoms with Crippen LogP contribution in [0, 0.1) is 5.92 Å². The fourth-order valence-corrected chi connectivity index (χ4v) is 4.18. The minimum atomic E-state index is 0.194. The van der Waals surface area contributed by atoms with Crippen LogP contribution in [0.2, 0.25) is 0 Å². The van der Waals surface area contributed by atoms with Crippen LogP contribution >= 0.6 is 0 Å². The molecule has 0 saturated carbocycles. The minimum absolute atomic E-state index is 0.194. The van der Waals surface area contributed by atoms with E-state index in [1.807, 2.05) is 16.8 Å². The van der Waals surface area contributed by atoms with Gasteiger partial charge in [0, 0.05) is 43.5 Å². The summed E-state index contributed by atoms with van der Waals surface area (Å²) in [6, 6.07) is 4.00. The summed E-state index contributed by atoms with van der Waals surface area (Å²) in [6.45, 7) is 3.74. The number of fused-ring (bicyclic) bond motifs is 1. The maximum Gasteiger partial charge on any atom is 0.226 e. The second kappa shape index (κ2) is 6.51. The van der Waals surface area contributed by atoms with Crippen LogP contribution in [-0.2, 0) is 4.79 Å². The summed E-state index contributed by atoms with van der Waals surface area (Å²) >= 11 is 0. The molecule has 1 amide bonds. The van der Waals surface area contributed by atoms with E-state index in [1.165, 1.54) is 5.69 Å². The van der Waals surface area contributed by atoms with Crippen molar-refractivity contribution in [1.82, 2.24) is 24.4 Å². The molecule has 2 aromatic rings. The molecular weight excluding hydrogens is 302 g/mol. The molecule has 0 radical (unpaired) electrons. The molecule has 1 atom stereocenters. The molecular formula is C18H25N5O. The monoisotopic (exact) mass is 327 g/mol. The molecule has 2 aliphatic heterocycles. The quantitative estimate of drug-likeness (QED) is 0.844. The normalized spacial score (nSPS) is 23.7. The van der Waals surface area contributed by atoms with Gasteiger partial charge in [-0.05, 0) is 45.3 Å². The molecule has 4 rings (SSSR count). The van der Waals surface area contributed by atoms with Crippen molar-refractivity contribution in [3.63, 3.8) is 0 Å². The lowest BCUT2D eigenvalue weighted by molar-refractivity contribution is -0.138. The van der Waals surface area contributed by atoms with E-state index in [-0.39, 0.29) is 5.92 Å². The van der Waals surface area contributed by atoms with Crippen molar-refractivity contribution in [2.75, 3.05) is 33.2 Å². The third kappa shape index (κ3) is 2.90. The molecule has 2 aromatic heterocycles. The lowest BCUT2D eigenvalue weighted by Crippen LogP contribution is -2.46. The van der Waals surface area contributed by atoms with Crippen molar-refractivity contribution in [2.45, 2.75) is 31.6 Å². The first-order valence-electron chi connectivity index (χ1n) is 8.98. The Morgan fingerprint density at radius 1 is 1.12 bits per heavy atom. The van der Waals surface area contributed by atoms with E-state index >= 15 is 0 Å². The van der Waals surface area contributed by atoms with Crippen molar-refractivity contribution in [3.05, 3.63) is 30.2 Å². The summed E-state index contributed by atoms with van der Waals surface area (Å²) in [4.78, 5) is 21.5. The number of likely N-dealkylation sites (tertiary alicyclic amines) is 2. The fourth-order valence-electron chi connectivity index (χ4n) is 4.18. The molecule has 2 aliphatic rings. The van der Waals surface area contributed by atoms with Gasteiger partial charge in [-0.25, -0.2) is 9.50 Å². The van der Waals surface area contributed by atoms with Gasteiger partial charge in [0.05, 0.1) is 12.1 Å². The van der Waals surface area contributed by atoms with Gasteiger partial charge in [0.25, 0.3) is 0 Å². The van der Waals surface area contributed by atoms with Crippen LogP contribution in [0.25, 0.3) is 5.65 Å². The van der Waals surface area contributed by atoms with Crippen molar-refractivity contribution in [1.29, 1.82) is 0 Å². The second-order valence-corrected chi connectivity index (χ2v) is 7.17. The molecule has 2 fully saturated rings. The van der Waals surface area contributed by atoms with Gasteiger partial charge in [-0.15, -0.1) is 0 Å². The van der Waals surface area contributed by atoms with Crippen LogP contribution in [0.15, 0.2) is 24.5 Å². The van der Waals surface area contributed by atoms with Gasteiger partial charge in [-0.3, -0.25) is 4.79 Å². The van der Waals surface area contributed by atoms with Gasteiger partial charge in [-0.1, -0.05) is 0 Å². The van der Waals surface area contributed by atoms with Crippen molar-refractivity contribution >= 4 is 11.6 Å². The lowest BCUT2D eigenvalue weighted by atomic mass is 9.91. The molecule has 0 aliphatic carbocycles. The molecule has 128 valence electrons.